The molecule has 0 radical (unpaired) electrons. The van der Waals surface area contributed by atoms with E-state index in [2.05, 4.69) is 22.9 Å². The van der Waals surface area contributed by atoms with Crippen LogP contribution in [0.2, 0.25) is 0 Å². The Bertz CT molecular complexity index is 811. The van der Waals surface area contributed by atoms with Gasteiger partial charge in [0, 0.05) is 52.0 Å². The van der Waals surface area contributed by atoms with Gasteiger partial charge in [0.25, 0.3) is 0 Å². The van der Waals surface area contributed by atoms with Gasteiger partial charge in [0.05, 0.1) is 0 Å². The van der Waals surface area contributed by atoms with Gasteiger partial charge in [-0.25, -0.2) is 0 Å². The van der Waals surface area contributed by atoms with Crippen LogP contribution in [0.4, 0.5) is 0 Å². The first-order valence-electron chi connectivity index (χ1n) is 4.99. The monoisotopic (exact) mass is 700 g/mol. The van der Waals surface area contributed by atoms with Crippen molar-refractivity contribution in [1.82, 2.24) is 0 Å². The molecule has 0 bridgehead atoms. The SMILES string of the molecule is N=C(N)N.N=C(N)N.O=S(=O)([O-])[O-].O=S(=O)([O-])[O-].O=S(=O)([O-])[O-].O=S(=O)([O-])[O-].O=S(=O)([O-])[O-].[V+5].[V+5]. The number of nitrogens with one attached hydrogen (secondary N) is 2. The molecule has 0 aliphatic carbocycles. The van der Waals surface area contributed by atoms with E-state index in [-0.39, 0.29) is 49.0 Å². The van der Waals surface area contributed by atoms with E-state index in [9.17, 15) is 0 Å². The van der Waals surface area contributed by atoms with Crippen LogP contribution in [-0.4, -0.2) is 99.5 Å². The van der Waals surface area contributed by atoms with E-state index in [0.29, 0.717) is 0 Å². The van der Waals surface area contributed by atoms with Crippen LogP contribution in [0.5, 0.6) is 0 Å². The molecule has 0 aromatic carbocycles. The van der Waals surface area contributed by atoms with Crippen molar-refractivity contribution in [3.8, 4) is 0 Å². The molecule has 0 rings (SSSR count). The maximum absolute atomic E-state index is 8.52. The summed E-state index contributed by atoms with van der Waals surface area (Å²) in [6.45, 7) is 0. The van der Waals surface area contributed by atoms with Crippen LogP contribution in [0.1, 0.15) is 0 Å². The van der Waals surface area contributed by atoms with Gasteiger partial charge in [-0.05, 0) is 0 Å². The molecule has 33 heteroatoms. The number of hydrogen-bond acceptors (Lipinski definition) is 22. The van der Waals surface area contributed by atoms with Gasteiger partial charge in [-0.2, -0.15) is 0 Å². The molecule has 208 valence electrons. The summed E-state index contributed by atoms with van der Waals surface area (Å²) in [5.41, 5.74) is 17.9. The number of rotatable bonds is 0. The van der Waals surface area contributed by atoms with Crippen molar-refractivity contribution >= 4 is 63.9 Å². The number of guanidine groups is 2. The average molecular weight is 700 g/mol. The Morgan fingerprint density at radius 1 is 0.371 bits per heavy atom. The molecule has 0 aromatic heterocycles. The molecular weight excluding hydrogens is 690 g/mol. The molecule has 0 aromatic rings. The van der Waals surface area contributed by atoms with Crippen molar-refractivity contribution in [3.05, 3.63) is 0 Å². The first-order chi connectivity index (χ1) is 13.5. The maximum Gasteiger partial charge on any atom is 5.00 e. The topological polar surface area (TPSA) is 553 Å². The fourth-order valence-corrected chi connectivity index (χ4v) is 0. The summed E-state index contributed by atoms with van der Waals surface area (Å²) in [5, 5.41) is 12.1. The predicted octanol–water partition coefficient (Wildman–Crippen LogP) is -9.02. The third-order valence-electron chi connectivity index (χ3n) is 0. The van der Waals surface area contributed by atoms with Crippen molar-refractivity contribution < 1.29 is 125 Å². The molecule has 0 fully saturated rings. The van der Waals surface area contributed by atoms with Crippen LogP contribution in [-0.2, 0) is 89.1 Å². The van der Waals surface area contributed by atoms with Gasteiger partial charge in [-0.15, -0.1) is 0 Å². The Morgan fingerprint density at radius 3 is 0.371 bits per heavy atom. The Kier molecular flexibility index (Phi) is 46.8. The second-order valence-electron chi connectivity index (χ2n) is 2.95. The molecule has 0 saturated carbocycles. The first-order valence-corrected chi connectivity index (χ1v) is 11.7. The third kappa shape index (κ3) is 36000. The third-order valence-corrected chi connectivity index (χ3v) is 0. The molecule has 0 spiro atoms. The second-order valence-corrected chi connectivity index (χ2v) is 7.03. The fourth-order valence-electron chi connectivity index (χ4n) is 0. The first kappa shape index (κ1) is 59.3. The number of hydrogen-bond donors (Lipinski definition) is 6. The predicted molar refractivity (Wildman–Crippen MR) is 84.6 cm³/mol. The molecule has 0 saturated heterocycles. The summed E-state index contributed by atoms with van der Waals surface area (Å²) in [7, 11) is -25.8. The van der Waals surface area contributed by atoms with E-state index in [1.54, 1.807) is 0 Å². The minimum absolute atomic E-state index is 0. The van der Waals surface area contributed by atoms with Crippen molar-refractivity contribution in [2.24, 2.45) is 22.9 Å². The number of nitrogens with two attached hydrogens (primary N) is 4. The molecule has 0 atom stereocenters. The van der Waals surface area contributed by atoms with E-state index in [4.69, 9.17) is 98.4 Å². The van der Waals surface area contributed by atoms with Crippen LogP contribution >= 0.6 is 0 Å². The Morgan fingerprint density at radius 2 is 0.371 bits per heavy atom. The Hall–Kier alpha value is -0.941. The summed E-state index contributed by atoms with van der Waals surface area (Å²) >= 11 is 0. The van der Waals surface area contributed by atoms with E-state index in [1.165, 1.54) is 0 Å². The molecular formula is C2H10N6O20S5V2. The summed E-state index contributed by atoms with van der Waals surface area (Å²) in [6.07, 6.45) is 0. The summed E-state index contributed by atoms with van der Waals surface area (Å²) in [4.78, 5) is 0. The van der Waals surface area contributed by atoms with Crippen LogP contribution in [0, 0.1) is 10.8 Å². The zero-order chi connectivity index (χ0) is 29.7. The fraction of sp³-hybridized carbons (Fsp3) is 0. The summed E-state index contributed by atoms with van der Waals surface area (Å²) in [6, 6.07) is 0. The van der Waals surface area contributed by atoms with Gasteiger partial charge < -0.3 is 68.5 Å². The van der Waals surface area contributed by atoms with Crippen molar-refractivity contribution in [2.75, 3.05) is 0 Å². The average Bonchev–Trinajstić information content (AvgIpc) is 2.10. The second kappa shape index (κ2) is 27.6. The molecule has 0 aliphatic heterocycles. The van der Waals surface area contributed by atoms with E-state index in [0.717, 1.165) is 0 Å². The molecule has 0 unspecified atom stereocenters. The minimum Gasteiger partial charge on any atom is -0.759 e. The van der Waals surface area contributed by atoms with Gasteiger partial charge in [0.1, 0.15) is 0 Å². The zero-order valence-corrected chi connectivity index (χ0v) is 22.3. The van der Waals surface area contributed by atoms with Crippen molar-refractivity contribution in [1.29, 1.82) is 10.8 Å². The van der Waals surface area contributed by atoms with Gasteiger partial charge in [0.15, 0.2) is 11.9 Å². The van der Waals surface area contributed by atoms with Crippen LogP contribution in [0.3, 0.4) is 0 Å². The molecule has 0 amide bonds. The summed E-state index contributed by atoms with van der Waals surface area (Å²) in [5.74, 6) is -0.667. The molecule has 10 N–H and O–H groups in total. The smallest absolute Gasteiger partial charge is 0.759 e. The molecule has 0 heterocycles. The molecule has 26 nitrogen and oxygen atoms in total. The van der Waals surface area contributed by atoms with Crippen molar-refractivity contribution in [2.45, 2.75) is 0 Å². The van der Waals surface area contributed by atoms with E-state index < -0.39 is 52.0 Å². The Labute approximate surface area is 221 Å². The summed E-state index contributed by atoms with van der Waals surface area (Å²) < 4.78 is 170. The van der Waals surface area contributed by atoms with E-state index in [1.807, 2.05) is 0 Å². The normalized spacial score (nSPS) is 9.66. The zero-order valence-electron chi connectivity index (χ0n) is 15.4. The standard InChI is InChI=1S/2CH5N3.5H2O4S.2V/c2*2-1(3)4;5*1-5(2,3)4;;/h2*(H5,2,3,4);5*(H2,1,2,3,4);;/q;;;;;;;2*+5/p-10. The minimum atomic E-state index is -5.17. The van der Waals surface area contributed by atoms with Gasteiger partial charge in [-0.3, -0.25) is 52.9 Å². The largest absolute Gasteiger partial charge is 5.00 e. The van der Waals surface area contributed by atoms with Crippen LogP contribution in [0.15, 0.2) is 0 Å². The Balaban J connectivity index is -0.0000000320. The van der Waals surface area contributed by atoms with Crippen LogP contribution < -0.4 is 22.9 Å². The maximum atomic E-state index is 8.52. The van der Waals surface area contributed by atoms with E-state index >= 15 is 0 Å². The van der Waals surface area contributed by atoms with Crippen LogP contribution in [0.25, 0.3) is 0 Å². The van der Waals surface area contributed by atoms with Gasteiger partial charge in [0.2, 0.25) is 0 Å². The molecule has 35 heavy (non-hydrogen) atoms. The molecule has 0 aliphatic rings. The van der Waals surface area contributed by atoms with Gasteiger partial charge >= 0.3 is 37.1 Å². The van der Waals surface area contributed by atoms with Crippen molar-refractivity contribution in [3.63, 3.8) is 0 Å². The van der Waals surface area contributed by atoms with Gasteiger partial charge in [-0.1, -0.05) is 0 Å². The quantitative estimate of drug-likeness (QED) is 0.0591.